The molecule has 0 aromatic heterocycles. The fourth-order valence-corrected chi connectivity index (χ4v) is 4.33. The highest BCUT2D eigenvalue weighted by atomic mass is 35.5. The Kier molecular flexibility index (Phi) is 11.4. The average molecular weight is 486 g/mol. The molecular weight excluding hydrogens is 453 g/mol. The predicted octanol–water partition coefficient (Wildman–Crippen LogP) is 5.06. The molecule has 0 unspecified atom stereocenters. The first-order valence-electron chi connectivity index (χ1n) is 11.2. The first-order valence-corrected chi connectivity index (χ1v) is 11.2. The third-order valence-corrected chi connectivity index (χ3v) is 5.98. The van der Waals surface area contributed by atoms with E-state index in [1.54, 1.807) is 0 Å². The topological polar surface area (TPSA) is 35.6 Å². The molecule has 0 spiro atoms. The van der Waals surface area contributed by atoms with E-state index >= 15 is 0 Å². The lowest BCUT2D eigenvalue weighted by atomic mass is 9.96. The minimum Gasteiger partial charge on any atom is -0.352 e. The second kappa shape index (κ2) is 14.0. The molecule has 1 amide bonds. The molecule has 1 fully saturated rings. The van der Waals surface area contributed by atoms with E-state index in [0.29, 0.717) is 12.6 Å². The van der Waals surface area contributed by atoms with Gasteiger partial charge in [-0.25, -0.2) is 0 Å². The zero-order chi connectivity index (χ0) is 21.3. The zero-order valence-corrected chi connectivity index (χ0v) is 20.4. The van der Waals surface area contributed by atoms with Crippen LogP contribution in [0.25, 0.3) is 0 Å². The molecule has 0 atom stereocenters. The highest BCUT2D eigenvalue weighted by Gasteiger charge is 2.26. The molecule has 6 heteroatoms. The Labute approximate surface area is 209 Å². The zero-order valence-electron chi connectivity index (χ0n) is 18.8. The van der Waals surface area contributed by atoms with Crippen molar-refractivity contribution in [1.29, 1.82) is 0 Å². The van der Waals surface area contributed by atoms with Gasteiger partial charge in [-0.2, -0.15) is 0 Å². The number of piperazine rings is 1. The van der Waals surface area contributed by atoms with E-state index in [1.807, 2.05) is 30.3 Å². The van der Waals surface area contributed by atoms with Crippen molar-refractivity contribution < 1.29 is 4.79 Å². The summed E-state index contributed by atoms with van der Waals surface area (Å²) in [7, 11) is 0. The fraction of sp³-hybridized carbons (Fsp3) is 0.296. The van der Waals surface area contributed by atoms with Crippen LogP contribution in [0.4, 0.5) is 0 Å². The van der Waals surface area contributed by atoms with Crippen molar-refractivity contribution in [2.45, 2.75) is 12.5 Å². The normalized spacial score (nSPS) is 14.2. The Balaban J connectivity index is 0.00000193. The minimum atomic E-state index is 0. The van der Waals surface area contributed by atoms with E-state index in [4.69, 9.17) is 0 Å². The number of halogens is 2. The van der Waals surface area contributed by atoms with Crippen LogP contribution in [0.5, 0.6) is 0 Å². The predicted molar refractivity (Wildman–Crippen MR) is 141 cm³/mol. The monoisotopic (exact) mass is 485 g/mol. The van der Waals surface area contributed by atoms with E-state index in [1.165, 1.54) is 11.1 Å². The summed E-state index contributed by atoms with van der Waals surface area (Å²) in [5.74, 6) is 0.0129. The number of nitrogens with zero attached hydrogens (tertiary/aromatic N) is 2. The molecule has 1 aliphatic heterocycles. The van der Waals surface area contributed by atoms with Crippen molar-refractivity contribution >= 4 is 30.7 Å². The standard InChI is InChI=1S/C27H31N3O.2ClH/c31-27(25-15-8-3-9-16-25)28-17-10-18-29-19-21-30(22-20-29)26(23-11-4-1-5-12-23)24-13-6-2-7-14-24;;/h1-9,11-16,26H,10,17-22H2,(H,28,31);2*1H. The van der Waals surface area contributed by atoms with Crippen molar-refractivity contribution in [2.75, 3.05) is 39.3 Å². The highest BCUT2D eigenvalue weighted by Crippen LogP contribution is 2.29. The molecule has 1 aliphatic rings. The number of carbonyl (C=O) groups is 1. The summed E-state index contributed by atoms with van der Waals surface area (Å²) < 4.78 is 0. The van der Waals surface area contributed by atoms with Gasteiger partial charge in [0, 0.05) is 38.3 Å². The first kappa shape index (κ1) is 26.9. The SMILES string of the molecule is Cl.Cl.O=C(NCCCN1CCN(C(c2ccccc2)c2ccccc2)CC1)c1ccccc1. The van der Waals surface area contributed by atoms with E-state index in [9.17, 15) is 4.79 Å². The molecule has 33 heavy (non-hydrogen) atoms. The number of amides is 1. The fourth-order valence-electron chi connectivity index (χ4n) is 4.33. The van der Waals surface area contributed by atoms with Crippen LogP contribution in [0, 0.1) is 0 Å². The smallest absolute Gasteiger partial charge is 0.251 e. The maximum absolute atomic E-state index is 12.2. The molecule has 1 N–H and O–H groups in total. The number of hydrogen-bond acceptors (Lipinski definition) is 3. The van der Waals surface area contributed by atoms with E-state index in [0.717, 1.165) is 44.7 Å². The lowest BCUT2D eigenvalue weighted by molar-refractivity contribution is 0.0941. The third kappa shape index (κ3) is 7.58. The van der Waals surface area contributed by atoms with Crippen molar-refractivity contribution in [3.63, 3.8) is 0 Å². The number of rotatable bonds is 8. The van der Waals surface area contributed by atoms with Gasteiger partial charge in [0.1, 0.15) is 0 Å². The third-order valence-electron chi connectivity index (χ3n) is 5.98. The van der Waals surface area contributed by atoms with Crippen molar-refractivity contribution in [2.24, 2.45) is 0 Å². The van der Waals surface area contributed by atoms with Crippen molar-refractivity contribution in [1.82, 2.24) is 15.1 Å². The molecule has 4 nitrogen and oxygen atoms in total. The minimum absolute atomic E-state index is 0. The van der Waals surface area contributed by atoms with Gasteiger partial charge in [0.05, 0.1) is 6.04 Å². The second-order valence-corrected chi connectivity index (χ2v) is 8.08. The average Bonchev–Trinajstić information content (AvgIpc) is 2.85. The maximum atomic E-state index is 12.2. The maximum Gasteiger partial charge on any atom is 0.251 e. The van der Waals surface area contributed by atoms with Gasteiger partial charge in [-0.05, 0) is 36.2 Å². The van der Waals surface area contributed by atoms with Gasteiger partial charge >= 0.3 is 0 Å². The van der Waals surface area contributed by atoms with Crippen LogP contribution in [0.1, 0.15) is 33.9 Å². The van der Waals surface area contributed by atoms with Crippen molar-refractivity contribution in [3.8, 4) is 0 Å². The largest absolute Gasteiger partial charge is 0.352 e. The molecule has 176 valence electrons. The summed E-state index contributed by atoms with van der Waals surface area (Å²) in [6.07, 6.45) is 0.972. The molecule has 0 aliphatic carbocycles. The molecule has 3 aromatic rings. The van der Waals surface area contributed by atoms with Gasteiger partial charge in [0.15, 0.2) is 0 Å². The van der Waals surface area contributed by atoms with Crippen LogP contribution < -0.4 is 5.32 Å². The van der Waals surface area contributed by atoms with Crippen LogP contribution >= 0.6 is 24.8 Å². The summed E-state index contributed by atoms with van der Waals surface area (Å²) in [4.78, 5) is 17.3. The number of carbonyl (C=O) groups excluding carboxylic acids is 1. The molecule has 0 saturated carbocycles. The number of hydrogen-bond donors (Lipinski definition) is 1. The molecular formula is C27H33Cl2N3O. The molecule has 0 bridgehead atoms. The molecule has 3 aromatic carbocycles. The summed E-state index contributed by atoms with van der Waals surface area (Å²) in [6.45, 7) is 5.94. The lowest BCUT2D eigenvalue weighted by Gasteiger charge is -2.39. The Morgan fingerprint density at radius 3 is 1.73 bits per heavy atom. The molecule has 1 heterocycles. The van der Waals surface area contributed by atoms with Crippen LogP contribution in [-0.4, -0.2) is 55.0 Å². The summed E-state index contributed by atoms with van der Waals surface area (Å²) in [5, 5.41) is 3.03. The second-order valence-electron chi connectivity index (χ2n) is 8.08. The highest BCUT2D eigenvalue weighted by molar-refractivity contribution is 5.94. The molecule has 0 radical (unpaired) electrons. The number of nitrogens with one attached hydrogen (secondary N) is 1. The van der Waals surface area contributed by atoms with Crippen LogP contribution in [0.3, 0.4) is 0 Å². The summed E-state index contributed by atoms with van der Waals surface area (Å²) >= 11 is 0. The Bertz CT molecular complexity index is 894. The summed E-state index contributed by atoms with van der Waals surface area (Å²) in [6, 6.07) is 31.4. The van der Waals surface area contributed by atoms with Gasteiger partial charge in [0.2, 0.25) is 0 Å². The van der Waals surface area contributed by atoms with Crippen LogP contribution in [0.15, 0.2) is 91.0 Å². The Hall–Kier alpha value is -2.37. The van der Waals surface area contributed by atoms with E-state index in [2.05, 4.69) is 75.8 Å². The first-order chi connectivity index (χ1) is 15.3. The number of benzene rings is 3. The van der Waals surface area contributed by atoms with Gasteiger partial charge in [-0.1, -0.05) is 78.9 Å². The Morgan fingerprint density at radius 1 is 0.727 bits per heavy atom. The molecule has 4 rings (SSSR count). The Morgan fingerprint density at radius 2 is 1.21 bits per heavy atom. The van der Waals surface area contributed by atoms with E-state index < -0.39 is 0 Å². The van der Waals surface area contributed by atoms with Gasteiger partial charge in [-0.15, -0.1) is 24.8 Å². The van der Waals surface area contributed by atoms with E-state index in [-0.39, 0.29) is 30.7 Å². The van der Waals surface area contributed by atoms with Gasteiger partial charge < -0.3 is 10.2 Å². The lowest BCUT2D eigenvalue weighted by Crippen LogP contribution is -2.48. The quantitative estimate of drug-likeness (QED) is 0.453. The molecule has 1 saturated heterocycles. The van der Waals surface area contributed by atoms with Gasteiger partial charge in [-0.3, -0.25) is 9.69 Å². The van der Waals surface area contributed by atoms with Crippen molar-refractivity contribution in [3.05, 3.63) is 108 Å². The van der Waals surface area contributed by atoms with Gasteiger partial charge in [0.25, 0.3) is 5.91 Å². The van der Waals surface area contributed by atoms with Crippen LogP contribution in [0.2, 0.25) is 0 Å². The van der Waals surface area contributed by atoms with Crippen LogP contribution in [-0.2, 0) is 0 Å². The summed E-state index contributed by atoms with van der Waals surface area (Å²) in [5.41, 5.74) is 3.43.